The van der Waals surface area contributed by atoms with E-state index in [1.807, 2.05) is 0 Å². The van der Waals surface area contributed by atoms with Crippen LogP contribution in [-0.2, 0) is 4.74 Å². The second-order valence-corrected chi connectivity index (χ2v) is 4.16. The van der Waals surface area contributed by atoms with Crippen LogP contribution in [0.2, 0.25) is 0 Å². The molecule has 0 aromatic rings. The first-order chi connectivity index (χ1) is 7.72. The molecule has 1 aliphatic heterocycles. The van der Waals surface area contributed by atoms with E-state index in [4.69, 9.17) is 10.5 Å². The molecular weight excluding hydrogens is 329 g/mol. The number of rotatable bonds is 5. The van der Waals surface area contributed by atoms with E-state index < -0.39 is 0 Å². The first kappa shape index (κ1) is 16.7. The SMILES string of the molecule is CCC(C)NC(N)=NCCC1=CCOCC1.I. The van der Waals surface area contributed by atoms with Gasteiger partial charge in [0.05, 0.1) is 13.2 Å². The summed E-state index contributed by atoms with van der Waals surface area (Å²) in [5.74, 6) is 0.557. The van der Waals surface area contributed by atoms with Gasteiger partial charge in [0.15, 0.2) is 5.96 Å². The van der Waals surface area contributed by atoms with Crippen LogP contribution < -0.4 is 11.1 Å². The van der Waals surface area contributed by atoms with Crippen LogP contribution in [0.1, 0.15) is 33.1 Å². The van der Waals surface area contributed by atoms with Crippen molar-refractivity contribution in [1.29, 1.82) is 0 Å². The van der Waals surface area contributed by atoms with Gasteiger partial charge in [-0.3, -0.25) is 4.99 Å². The van der Waals surface area contributed by atoms with E-state index in [0.717, 1.165) is 39.0 Å². The zero-order valence-corrected chi connectivity index (χ0v) is 13.1. The zero-order valence-electron chi connectivity index (χ0n) is 10.7. The number of aliphatic imine (C=N–C) groups is 1. The first-order valence-electron chi connectivity index (χ1n) is 6.04. The normalized spacial score (nSPS) is 18.0. The topological polar surface area (TPSA) is 59.6 Å². The molecule has 17 heavy (non-hydrogen) atoms. The summed E-state index contributed by atoms with van der Waals surface area (Å²) in [6.07, 6.45) is 5.23. The smallest absolute Gasteiger partial charge is 0.188 e. The maximum atomic E-state index is 5.76. The van der Waals surface area contributed by atoms with Crippen molar-refractivity contribution in [3.63, 3.8) is 0 Å². The van der Waals surface area contributed by atoms with E-state index in [2.05, 4.69) is 30.2 Å². The van der Waals surface area contributed by atoms with Gasteiger partial charge < -0.3 is 15.8 Å². The number of hydrogen-bond acceptors (Lipinski definition) is 2. The molecule has 4 nitrogen and oxygen atoms in total. The maximum absolute atomic E-state index is 5.76. The number of hydrogen-bond donors (Lipinski definition) is 2. The zero-order chi connectivity index (χ0) is 11.8. The molecule has 3 N–H and O–H groups in total. The Labute approximate surface area is 121 Å². The van der Waals surface area contributed by atoms with Gasteiger partial charge in [-0.25, -0.2) is 0 Å². The fraction of sp³-hybridized carbons (Fsp3) is 0.750. The van der Waals surface area contributed by atoms with Crippen LogP contribution in [0.25, 0.3) is 0 Å². The summed E-state index contributed by atoms with van der Waals surface area (Å²) in [6, 6.07) is 0.394. The lowest BCUT2D eigenvalue weighted by atomic mass is 10.1. The minimum absolute atomic E-state index is 0. The van der Waals surface area contributed by atoms with E-state index in [1.165, 1.54) is 5.57 Å². The Morgan fingerprint density at radius 3 is 3.00 bits per heavy atom. The van der Waals surface area contributed by atoms with Gasteiger partial charge in [-0.2, -0.15) is 0 Å². The molecule has 0 saturated heterocycles. The molecule has 0 radical (unpaired) electrons. The monoisotopic (exact) mass is 353 g/mol. The molecule has 0 aromatic carbocycles. The molecule has 1 aliphatic rings. The number of nitrogens with zero attached hydrogens (tertiary/aromatic N) is 1. The highest BCUT2D eigenvalue weighted by Crippen LogP contribution is 2.11. The average molecular weight is 353 g/mol. The van der Waals surface area contributed by atoms with Crippen LogP contribution in [0.4, 0.5) is 0 Å². The summed E-state index contributed by atoms with van der Waals surface area (Å²) in [6.45, 7) is 6.58. The Hall–Kier alpha value is -0.300. The molecule has 1 rings (SSSR count). The highest BCUT2D eigenvalue weighted by atomic mass is 127. The number of nitrogens with one attached hydrogen (secondary N) is 1. The molecule has 100 valence electrons. The molecule has 1 heterocycles. The van der Waals surface area contributed by atoms with Crippen molar-refractivity contribution in [2.75, 3.05) is 19.8 Å². The first-order valence-corrected chi connectivity index (χ1v) is 6.04. The van der Waals surface area contributed by atoms with Gasteiger partial charge in [0.25, 0.3) is 0 Å². The van der Waals surface area contributed by atoms with E-state index in [1.54, 1.807) is 0 Å². The summed E-state index contributed by atoms with van der Waals surface area (Å²) in [7, 11) is 0. The minimum Gasteiger partial charge on any atom is -0.377 e. The van der Waals surface area contributed by atoms with Crippen molar-refractivity contribution in [3.05, 3.63) is 11.6 Å². The molecule has 0 bridgehead atoms. The number of ether oxygens (including phenoxy) is 1. The Balaban J connectivity index is 0.00000256. The van der Waals surface area contributed by atoms with Gasteiger partial charge in [0.2, 0.25) is 0 Å². The lowest BCUT2D eigenvalue weighted by Gasteiger charge is -2.13. The molecule has 5 heteroatoms. The lowest BCUT2D eigenvalue weighted by Crippen LogP contribution is -2.38. The third-order valence-corrected chi connectivity index (χ3v) is 2.78. The second kappa shape index (κ2) is 9.70. The van der Waals surface area contributed by atoms with Crippen LogP contribution in [0.15, 0.2) is 16.6 Å². The van der Waals surface area contributed by atoms with Crippen molar-refractivity contribution in [1.82, 2.24) is 5.32 Å². The van der Waals surface area contributed by atoms with Crippen molar-refractivity contribution < 1.29 is 4.74 Å². The Morgan fingerprint density at radius 1 is 1.65 bits per heavy atom. The predicted octanol–water partition coefficient (Wildman–Crippen LogP) is 2.04. The molecule has 1 unspecified atom stereocenters. The quantitative estimate of drug-likeness (QED) is 0.344. The van der Waals surface area contributed by atoms with Crippen LogP contribution in [0.5, 0.6) is 0 Å². The summed E-state index contributed by atoms with van der Waals surface area (Å²) in [5.41, 5.74) is 7.20. The molecule has 1 atom stereocenters. The molecule has 0 amide bonds. The highest BCUT2D eigenvalue weighted by Gasteiger charge is 2.03. The van der Waals surface area contributed by atoms with Crippen LogP contribution in [-0.4, -0.2) is 31.8 Å². The maximum Gasteiger partial charge on any atom is 0.188 e. The van der Waals surface area contributed by atoms with E-state index >= 15 is 0 Å². The molecule has 0 saturated carbocycles. The summed E-state index contributed by atoms with van der Waals surface area (Å²) < 4.78 is 5.25. The van der Waals surface area contributed by atoms with Gasteiger partial charge in [-0.05, 0) is 26.2 Å². The Kier molecular flexibility index (Phi) is 9.53. The van der Waals surface area contributed by atoms with Crippen molar-refractivity contribution in [2.24, 2.45) is 10.7 Å². The van der Waals surface area contributed by atoms with Crippen molar-refractivity contribution >= 4 is 29.9 Å². The van der Waals surface area contributed by atoms with Crippen molar-refractivity contribution in [2.45, 2.75) is 39.2 Å². The van der Waals surface area contributed by atoms with Crippen LogP contribution >= 0.6 is 24.0 Å². The standard InChI is InChI=1S/C12H23N3O.HI/c1-3-10(2)15-12(13)14-7-4-11-5-8-16-9-6-11;/h5,10H,3-4,6-9H2,1-2H3,(H3,13,14,15);1H. The average Bonchev–Trinajstić information content (AvgIpc) is 2.30. The molecule has 0 aromatic heterocycles. The summed E-state index contributed by atoms with van der Waals surface area (Å²) in [5, 5.41) is 3.15. The number of nitrogens with two attached hydrogens (primary N) is 1. The molecule has 0 aliphatic carbocycles. The minimum atomic E-state index is 0. The summed E-state index contributed by atoms with van der Waals surface area (Å²) >= 11 is 0. The highest BCUT2D eigenvalue weighted by molar-refractivity contribution is 14.0. The van der Waals surface area contributed by atoms with Gasteiger partial charge in [0, 0.05) is 12.6 Å². The lowest BCUT2D eigenvalue weighted by molar-refractivity contribution is 0.153. The fourth-order valence-electron chi connectivity index (χ4n) is 1.51. The molecule has 0 spiro atoms. The van der Waals surface area contributed by atoms with Gasteiger partial charge in [-0.1, -0.05) is 18.6 Å². The Bertz CT molecular complexity index is 266. The van der Waals surface area contributed by atoms with Crippen LogP contribution in [0, 0.1) is 0 Å². The van der Waals surface area contributed by atoms with E-state index in [0.29, 0.717) is 12.0 Å². The largest absolute Gasteiger partial charge is 0.377 e. The fourth-order valence-corrected chi connectivity index (χ4v) is 1.51. The molecular formula is C12H24IN3O. The summed E-state index contributed by atoms with van der Waals surface area (Å²) in [4.78, 5) is 4.31. The second-order valence-electron chi connectivity index (χ2n) is 4.16. The third-order valence-electron chi connectivity index (χ3n) is 2.78. The third kappa shape index (κ3) is 7.59. The van der Waals surface area contributed by atoms with Gasteiger partial charge >= 0.3 is 0 Å². The number of halogens is 1. The van der Waals surface area contributed by atoms with Gasteiger partial charge in [-0.15, -0.1) is 24.0 Å². The van der Waals surface area contributed by atoms with Crippen LogP contribution in [0.3, 0.4) is 0 Å². The van der Waals surface area contributed by atoms with Gasteiger partial charge in [0.1, 0.15) is 0 Å². The predicted molar refractivity (Wildman–Crippen MR) is 82.9 cm³/mol. The van der Waals surface area contributed by atoms with E-state index in [-0.39, 0.29) is 24.0 Å². The molecule has 0 fully saturated rings. The van der Waals surface area contributed by atoms with E-state index in [9.17, 15) is 0 Å². The number of guanidine groups is 1. The Morgan fingerprint density at radius 2 is 2.41 bits per heavy atom. The van der Waals surface area contributed by atoms with Crippen molar-refractivity contribution in [3.8, 4) is 0 Å².